The Balaban J connectivity index is 2.47. The number of benzene rings is 1. The molecule has 0 aliphatic heterocycles. The van der Waals surface area contributed by atoms with E-state index in [1.165, 1.54) is 6.07 Å². The zero-order valence-corrected chi connectivity index (χ0v) is 7.79. The van der Waals surface area contributed by atoms with Gasteiger partial charge in [-0.2, -0.15) is 0 Å². The summed E-state index contributed by atoms with van der Waals surface area (Å²) in [7, 11) is 0. The number of aldehydes is 1. The molecule has 1 nitrogen and oxygen atoms in total. The van der Waals surface area contributed by atoms with Gasteiger partial charge in [-0.05, 0) is 30.9 Å². The van der Waals surface area contributed by atoms with Gasteiger partial charge in [0.05, 0.1) is 5.56 Å². The molecule has 1 aromatic rings. The van der Waals surface area contributed by atoms with Crippen molar-refractivity contribution in [2.75, 3.05) is 0 Å². The van der Waals surface area contributed by atoms with Gasteiger partial charge in [0.1, 0.15) is 5.82 Å². The fraction of sp³-hybridized carbons (Fsp3) is 0.250. The first-order chi connectivity index (χ1) is 6.83. The molecule has 14 heavy (non-hydrogen) atoms. The molecule has 1 aromatic carbocycles. The first-order valence-corrected chi connectivity index (χ1v) is 4.76. The second-order valence-electron chi connectivity index (χ2n) is 3.45. The third kappa shape index (κ3) is 1.48. The average Bonchev–Trinajstić information content (AvgIpc) is 2.71. The minimum atomic E-state index is -0.379. The number of hydrogen-bond acceptors (Lipinski definition) is 1. The Morgan fingerprint density at radius 3 is 2.86 bits per heavy atom. The molecule has 0 saturated carbocycles. The lowest BCUT2D eigenvalue weighted by Gasteiger charge is -2.05. The van der Waals surface area contributed by atoms with Crippen LogP contribution in [0.3, 0.4) is 0 Å². The third-order valence-corrected chi connectivity index (χ3v) is 2.54. The lowest BCUT2D eigenvalue weighted by atomic mass is 10.0. The SMILES string of the molecule is O=Cc1cccc(C2=CCCC2)c1F. The highest BCUT2D eigenvalue weighted by atomic mass is 19.1. The van der Waals surface area contributed by atoms with Crippen LogP contribution >= 0.6 is 0 Å². The van der Waals surface area contributed by atoms with Crippen LogP contribution in [0.25, 0.3) is 5.57 Å². The van der Waals surface area contributed by atoms with Crippen molar-refractivity contribution >= 4 is 11.9 Å². The van der Waals surface area contributed by atoms with Gasteiger partial charge < -0.3 is 0 Å². The van der Waals surface area contributed by atoms with Crippen molar-refractivity contribution in [1.82, 2.24) is 0 Å². The van der Waals surface area contributed by atoms with Crippen LogP contribution in [0.4, 0.5) is 4.39 Å². The Hall–Kier alpha value is -1.44. The van der Waals surface area contributed by atoms with Gasteiger partial charge in [0, 0.05) is 5.56 Å². The molecule has 0 bridgehead atoms. The Labute approximate surface area is 82.3 Å². The maximum Gasteiger partial charge on any atom is 0.153 e. The largest absolute Gasteiger partial charge is 0.298 e. The molecule has 0 unspecified atom stereocenters. The molecule has 0 heterocycles. The number of allylic oxidation sites excluding steroid dienone is 2. The van der Waals surface area contributed by atoms with Crippen LogP contribution in [0.5, 0.6) is 0 Å². The third-order valence-electron chi connectivity index (χ3n) is 2.54. The summed E-state index contributed by atoms with van der Waals surface area (Å²) in [6.45, 7) is 0. The first-order valence-electron chi connectivity index (χ1n) is 4.76. The fourth-order valence-corrected chi connectivity index (χ4v) is 1.80. The topological polar surface area (TPSA) is 17.1 Å². The summed E-state index contributed by atoms with van der Waals surface area (Å²) < 4.78 is 13.7. The Morgan fingerprint density at radius 1 is 1.36 bits per heavy atom. The molecule has 0 amide bonds. The van der Waals surface area contributed by atoms with Gasteiger partial charge in [-0.3, -0.25) is 4.79 Å². The highest BCUT2D eigenvalue weighted by Crippen LogP contribution is 2.29. The van der Waals surface area contributed by atoms with Gasteiger partial charge in [-0.1, -0.05) is 18.2 Å². The molecule has 0 spiro atoms. The van der Waals surface area contributed by atoms with Crippen molar-refractivity contribution in [3.8, 4) is 0 Å². The molecule has 1 aliphatic rings. The van der Waals surface area contributed by atoms with Crippen LogP contribution < -0.4 is 0 Å². The van der Waals surface area contributed by atoms with Crippen LogP contribution in [0, 0.1) is 5.82 Å². The number of rotatable bonds is 2. The highest BCUT2D eigenvalue weighted by Gasteiger charge is 2.13. The summed E-state index contributed by atoms with van der Waals surface area (Å²) in [6.07, 6.45) is 5.63. The maximum absolute atomic E-state index is 13.7. The van der Waals surface area contributed by atoms with Gasteiger partial charge in [-0.25, -0.2) is 4.39 Å². The second kappa shape index (κ2) is 3.74. The minimum Gasteiger partial charge on any atom is -0.298 e. The molecule has 72 valence electrons. The average molecular weight is 190 g/mol. The number of halogens is 1. The lowest BCUT2D eigenvalue weighted by molar-refractivity contribution is 0.112. The predicted octanol–water partition coefficient (Wildman–Crippen LogP) is 3.21. The van der Waals surface area contributed by atoms with E-state index >= 15 is 0 Å². The van der Waals surface area contributed by atoms with E-state index in [1.807, 2.05) is 6.08 Å². The molecule has 0 saturated heterocycles. The minimum absolute atomic E-state index is 0.148. The molecule has 0 aromatic heterocycles. The monoisotopic (exact) mass is 190 g/mol. The maximum atomic E-state index is 13.7. The smallest absolute Gasteiger partial charge is 0.153 e. The van der Waals surface area contributed by atoms with Crippen molar-refractivity contribution in [2.45, 2.75) is 19.3 Å². The van der Waals surface area contributed by atoms with E-state index in [0.717, 1.165) is 24.8 Å². The van der Waals surface area contributed by atoms with E-state index in [0.29, 0.717) is 11.8 Å². The van der Waals surface area contributed by atoms with Gasteiger partial charge >= 0.3 is 0 Å². The Morgan fingerprint density at radius 2 is 2.21 bits per heavy atom. The van der Waals surface area contributed by atoms with E-state index < -0.39 is 0 Å². The van der Waals surface area contributed by atoms with Gasteiger partial charge in [-0.15, -0.1) is 0 Å². The number of hydrogen-bond donors (Lipinski definition) is 0. The van der Waals surface area contributed by atoms with Gasteiger partial charge in [0.2, 0.25) is 0 Å². The van der Waals surface area contributed by atoms with Crippen molar-refractivity contribution in [3.63, 3.8) is 0 Å². The molecule has 0 radical (unpaired) electrons. The Kier molecular flexibility index (Phi) is 2.44. The summed E-state index contributed by atoms with van der Waals surface area (Å²) in [6, 6.07) is 4.96. The van der Waals surface area contributed by atoms with Crippen molar-refractivity contribution in [1.29, 1.82) is 0 Å². The van der Waals surface area contributed by atoms with Crippen LogP contribution in [0.15, 0.2) is 24.3 Å². The standard InChI is InChI=1S/C12H11FO/c13-12-10(8-14)6-3-7-11(12)9-4-1-2-5-9/h3-4,6-8H,1-2,5H2. The predicted molar refractivity (Wildman–Crippen MR) is 53.6 cm³/mol. The molecule has 2 heteroatoms. The van der Waals surface area contributed by atoms with E-state index in [9.17, 15) is 9.18 Å². The van der Waals surface area contributed by atoms with Crippen LogP contribution in [0.2, 0.25) is 0 Å². The van der Waals surface area contributed by atoms with E-state index in [4.69, 9.17) is 0 Å². The van der Waals surface area contributed by atoms with Gasteiger partial charge in [0.15, 0.2) is 6.29 Å². The number of carbonyl (C=O) groups is 1. The van der Waals surface area contributed by atoms with E-state index in [2.05, 4.69) is 0 Å². The molecule has 0 N–H and O–H groups in total. The van der Waals surface area contributed by atoms with Crippen LogP contribution in [-0.2, 0) is 0 Å². The molecular formula is C12H11FO. The summed E-state index contributed by atoms with van der Waals surface area (Å²) in [4.78, 5) is 10.5. The molecule has 0 atom stereocenters. The molecule has 2 rings (SSSR count). The second-order valence-corrected chi connectivity index (χ2v) is 3.45. The molecule has 0 fully saturated rings. The van der Waals surface area contributed by atoms with E-state index in [1.54, 1.807) is 12.1 Å². The highest BCUT2D eigenvalue weighted by molar-refractivity contribution is 5.79. The van der Waals surface area contributed by atoms with E-state index in [-0.39, 0.29) is 11.4 Å². The zero-order chi connectivity index (χ0) is 9.97. The normalized spacial score (nSPS) is 15.4. The lowest BCUT2D eigenvalue weighted by Crippen LogP contribution is -1.93. The number of carbonyl (C=O) groups excluding carboxylic acids is 1. The molecular weight excluding hydrogens is 179 g/mol. The van der Waals surface area contributed by atoms with Gasteiger partial charge in [0.25, 0.3) is 0 Å². The van der Waals surface area contributed by atoms with Crippen LogP contribution in [0.1, 0.15) is 35.2 Å². The fourth-order valence-electron chi connectivity index (χ4n) is 1.80. The Bertz CT molecular complexity index is 393. The summed E-state index contributed by atoms with van der Waals surface area (Å²) >= 11 is 0. The summed E-state index contributed by atoms with van der Waals surface area (Å²) in [5.74, 6) is -0.379. The van der Waals surface area contributed by atoms with Crippen molar-refractivity contribution in [2.24, 2.45) is 0 Å². The summed E-state index contributed by atoms with van der Waals surface area (Å²) in [5.41, 5.74) is 1.77. The first kappa shape index (κ1) is 9.13. The van der Waals surface area contributed by atoms with Crippen molar-refractivity contribution in [3.05, 3.63) is 41.2 Å². The van der Waals surface area contributed by atoms with Crippen LogP contribution in [-0.4, -0.2) is 6.29 Å². The molecule has 1 aliphatic carbocycles. The quantitative estimate of drug-likeness (QED) is 0.654. The van der Waals surface area contributed by atoms with Crippen molar-refractivity contribution < 1.29 is 9.18 Å². The summed E-state index contributed by atoms with van der Waals surface area (Å²) in [5, 5.41) is 0. The zero-order valence-electron chi connectivity index (χ0n) is 7.79.